The molecule has 0 saturated carbocycles. The molecule has 0 radical (unpaired) electrons. The molecule has 0 aliphatic heterocycles. The first kappa shape index (κ1) is 20.8. The third-order valence-electron chi connectivity index (χ3n) is 2.11. The monoisotopic (exact) mass is 346 g/mol. The van der Waals surface area contributed by atoms with Crippen LogP contribution in [0.15, 0.2) is 12.7 Å². The van der Waals surface area contributed by atoms with Gasteiger partial charge in [-0.3, -0.25) is 4.57 Å². The minimum absolute atomic E-state index is 0.00778. The van der Waals surface area contributed by atoms with Gasteiger partial charge in [0.25, 0.3) is 0 Å². The summed E-state index contributed by atoms with van der Waals surface area (Å²) in [7, 11) is -6.85. The van der Waals surface area contributed by atoms with Crippen LogP contribution < -0.4 is 0 Å². The normalized spacial score (nSPS) is 14.2. The highest BCUT2D eigenvalue weighted by atomic mass is 31.2. The molecule has 0 saturated heterocycles. The molecule has 0 aliphatic carbocycles. The summed E-state index contributed by atoms with van der Waals surface area (Å²) >= 11 is 0. The topological polar surface area (TPSA) is 137 Å². The fourth-order valence-electron chi connectivity index (χ4n) is 1.37. The van der Waals surface area contributed by atoms with Crippen LogP contribution in [0.3, 0.4) is 0 Å². The van der Waals surface area contributed by atoms with Crippen molar-refractivity contribution >= 4 is 15.6 Å². The zero-order chi connectivity index (χ0) is 16.3. The zero-order valence-electron chi connectivity index (χ0n) is 11.6. The lowest BCUT2D eigenvalue weighted by atomic mass is 10.4. The molecule has 0 spiro atoms. The Hall–Kier alpha value is -0.210. The number of nitrogens with zero attached hydrogens (tertiary/aromatic N) is 1. The molecule has 2 unspecified atom stereocenters. The Bertz CT molecular complexity index is 361. The van der Waals surface area contributed by atoms with E-state index < -0.39 is 28.0 Å². The molecule has 4 N–H and O–H groups in total. The van der Waals surface area contributed by atoms with E-state index in [1.165, 1.54) is 0 Å². The van der Waals surface area contributed by atoms with Crippen molar-refractivity contribution in [1.82, 2.24) is 4.90 Å². The standard InChI is InChI=1S/C10H21NO8P2/c1-2-4-18-6-10(12)7-19-5-3-11(8-20(13)14)9-21(15,16)17/h2,10,12H,1,3-9H2,(H2-,13,14,15,16,17)/p+1. The van der Waals surface area contributed by atoms with Crippen LogP contribution in [0.1, 0.15) is 0 Å². The van der Waals surface area contributed by atoms with Crippen LogP contribution in [0.25, 0.3) is 0 Å². The quantitative estimate of drug-likeness (QED) is 0.201. The first-order valence-corrected chi connectivity index (χ1v) is 9.29. The van der Waals surface area contributed by atoms with Crippen molar-refractivity contribution in [2.24, 2.45) is 0 Å². The highest BCUT2D eigenvalue weighted by Gasteiger charge is 2.25. The molecule has 11 heteroatoms. The van der Waals surface area contributed by atoms with E-state index in [0.29, 0.717) is 6.61 Å². The van der Waals surface area contributed by atoms with E-state index in [1.54, 1.807) is 6.08 Å². The van der Waals surface area contributed by atoms with Crippen molar-refractivity contribution in [2.45, 2.75) is 6.10 Å². The lowest BCUT2D eigenvalue weighted by Gasteiger charge is -2.18. The highest BCUT2D eigenvalue weighted by Crippen LogP contribution is 2.36. The molecule has 0 aromatic carbocycles. The zero-order valence-corrected chi connectivity index (χ0v) is 13.4. The van der Waals surface area contributed by atoms with E-state index in [0.717, 1.165) is 4.90 Å². The second kappa shape index (κ2) is 11.4. The van der Waals surface area contributed by atoms with Crippen molar-refractivity contribution in [3.8, 4) is 0 Å². The molecule has 0 aliphatic rings. The second-order valence-electron chi connectivity index (χ2n) is 4.25. The van der Waals surface area contributed by atoms with Crippen LogP contribution in [0, 0.1) is 0 Å². The van der Waals surface area contributed by atoms with Gasteiger partial charge in [-0.15, -0.1) is 6.58 Å². The lowest BCUT2D eigenvalue weighted by molar-refractivity contribution is -0.0159. The number of rotatable bonds is 13. The molecule has 0 bridgehead atoms. The number of ether oxygens (including phenoxy) is 2. The summed E-state index contributed by atoms with van der Waals surface area (Å²) in [5.74, 6) is 0. The van der Waals surface area contributed by atoms with Gasteiger partial charge in [-0.1, -0.05) is 6.08 Å². The molecular weight excluding hydrogens is 324 g/mol. The Balaban J connectivity index is 3.94. The summed E-state index contributed by atoms with van der Waals surface area (Å²) < 4.78 is 31.7. The van der Waals surface area contributed by atoms with Crippen molar-refractivity contribution in [1.29, 1.82) is 0 Å². The third-order valence-corrected chi connectivity index (χ3v) is 3.52. The number of aliphatic hydroxyl groups is 1. The van der Waals surface area contributed by atoms with E-state index in [1.807, 2.05) is 0 Å². The molecule has 0 rings (SSSR count). The fraction of sp³-hybridized carbons (Fsp3) is 0.800. The first-order valence-electron chi connectivity index (χ1n) is 6.09. The van der Waals surface area contributed by atoms with Crippen molar-refractivity contribution in [2.75, 3.05) is 45.5 Å². The number of hydrogen-bond donors (Lipinski definition) is 4. The maximum atomic E-state index is 10.9. The van der Waals surface area contributed by atoms with Crippen LogP contribution in [-0.2, 0) is 18.6 Å². The van der Waals surface area contributed by atoms with Crippen LogP contribution in [-0.4, -0.2) is 76.3 Å². The smallest absolute Gasteiger partial charge is 0.388 e. The molecule has 2 atom stereocenters. The van der Waals surface area contributed by atoms with Crippen LogP contribution >= 0.6 is 15.6 Å². The average Bonchev–Trinajstić information content (AvgIpc) is 2.32. The van der Waals surface area contributed by atoms with Gasteiger partial charge in [0.1, 0.15) is 12.4 Å². The number of aliphatic hydroxyl groups excluding tert-OH is 1. The van der Waals surface area contributed by atoms with E-state index in [9.17, 15) is 14.2 Å². The van der Waals surface area contributed by atoms with E-state index in [-0.39, 0.29) is 32.7 Å². The largest absolute Gasteiger partial charge is 0.521 e. The number of hydrogen-bond acceptors (Lipinski definition) is 6. The Labute approximate surface area is 124 Å². The van der Waals surface area contributed by atoms with Gasteiger partial charge < -0.3 is 24.4 Å². The van der Waals surface area contributed by atoms with Crippen molar-refractivity contribution < 1.29 is 38.4 Å². The average molecular weight is 346 g/mol. The summed E-state index contributed by atoms with van der Waals surface area (Å²) in [6.45, 7) is 3.97. The fourth-order valence-corrected chi connectivity index (χ4v) is 2.87. The highest BCUT2D eigenvalue weighted by molar-refractivity contribution is 7.51. The summed E-state index contributed by atoms with van der Waals surface area (Å²) in [4.78, 5) is 27.6. The third kappa shape index (κ3) is 14.5. The molecule has 0 aromatic rings. The first-order chi connectivity index (χ1) is 9.74. The van der Waals surface area contributed by atoms with Gasteiger partial charge in [0.15, 0.2) is 0 Å². The summed E-state index contributed by atoms with van der Waals surface area (Å²) in [5.41, 5.74) is 0. The predicted molar refractivity (Wildman–Crippen MR) is 76.2 cm³/mol. The van der Waals surface area contributed by atoms with Crippen LogP contribution in [0.2, 0.25) is 0 Å². The molecule has 0 aromatic heterocycles. The maximum absolute atomic E-state index is 10.9. The maximum Gasteiger partial charge on any atom is 0.521 e. The van der Waals surface area contributed by atoms with E-state index in [2.05, 4.69) is 6.58 Å². The van der Waals surface area contributed by atoms with Gasteiger partial charge >= 0.3 is 15.6 Å². The Morgan fingerprint density at radius 2 is 1.95 bits per heavy atom. The van der Waals surface area contributed by atoms with Gasteiger partial charge in [-0.2, -0.15) is 4.89 Å². The molecular formula is C10H22NO8P2+. The van der Waals surface area contributed by atoms with E-state index >= 15 is 0 Å². The Morgan fingerprint density at radius 3 is 2.48 bits per heavy atom. The van der Waals surface area contributed by atoms with Gasteiger partial charge in [0.05, 0.1) is 26.4 Å². The summed E-state index contributed by atoms with van der Waals surface area (Å²) in [5, 5.41) is 9.46. The summed E-state index contributed by atoms with van der Waals surface area (Å²) in [6, 6.07) is 0. The Morgan fingerprint density at radius 1 is 1.33 bits per heavy atom. The van der Waals surface area contributed by atoms with Crippen molar-refractivity contribution in [3.63, 3.8) is 0 Å². The van der Waals surface area contributed by atoms with Gasteiger partial charge in [0, 0.05) is 6.54 Å². The van der Waals surface area contributed by atoms with Crippen molar-refractivity contribution in [3.05, 3.63) is 12.7 Å². The summed E-state index contributed by atoms with van der Waals surface area (Å²) in [6.07, 6.45) is -0.254. The minimum Gasteiger partial charge on any atom is -0.388 e. The van der Waals surface area contributed by atoms with Crippen LogP contribution in [0.4, 0.5) is 0 Å². The molecule has 0 heterocycles. The second-order valence-corrected chi connectivity index (χ2v) is 6.85. The SMILES string of the molecule is C=CCOCC(O)COCCN(C[P+](=O)O)CP(=O)(O)O. The van der Waals surface area contributed by atoms with Crippen LogP contribution in [0.5, 0.6) is 0 Å². The van der Waals surface area contributed by atoms with E-state index in [4.69, 9.17) is 24.2 Å². The Kier molecular flexibility index (Phi) is 11.3. The molecule has 9 nitrogen and oxygen atoms in total. The minimum atomic E-state index is -4.31. The molecule has 0 amide bonds. The molecule has 21 heavy (non-hydrogen) atoms. The molecule has 124 valence electrons. The molecule has 0 fully saturated rings. The lowest BCUT2D eigenvalue weighted by Crippen LogP contribution is -2.30. The van der Waals surface area contributed by atoms with Gasteiger partial charge in [-0.25, -0.2) is 4.90 Å². The predicted octanol–water partition coefficient (Wildman–Crippen LogP) is -0.304. The van der Waals surface area contributed by atoms with Gasteiger partial charge in [-0.05, 0) is 4.57 Å². The van der Waals surface area contributed by atoms with Gasteiger partial charge in [0.2, 0.25) is 6.29 Å².